The molecule has 4 aromatic rings. The predicted octanol–water partition coefficient (Wildman–Crippen LogP) is 5.36. The van der Waals surface area contributed by atoms with Gasteiger partial charge in [0.1, 0.15) is 11.4 Å². The lowest BCUT2D eigenvalue weighted by atomic mass is 9.86. The molecular formula is C30H37N5O5S. The van der Waals surface area contributed by atoms with Crippen LogP contribution in [0, 0.1) is 0 Å². The SMILES string of the molecule is COc1c(NC(=O)c2cc3cccc(Oc4ccnc(CN(C)C)c4)c3n2C)cc(C(C)(C)C)cc1NS(C)(=O)=O. The van der Waals surface area contributed by atoms with Gasteiger partial charge >= 0.3 is 0 Å². The van der Waals surface area contributed by atoms with Crippen molar-refractivity contribution >= 4 is 38.2 Å². The first kappa shape index (κ1) is 29.9. The van der Waals surface area contributed by atoms with Crippen molar-refractivity contribution in [2.75, 3.05) is 37.5 Å². The maximum absolute atomic E-state index is 13.7. The fraction of sp³-hybridized carbons (Fsp3) is 0.333. The van der Waals surface area contributed by atoms with Gasteiger partial charge in [0.05, 0.1) is 36.0 Å². The second kappa shape index (κ2) is 11.4. The smallest absolute Gasteiger partial charge is 0.272 e. The third kappa shape index (κ3) is 6.98. The van der Waals surface area contributed by atoms with E-state index in [-0.39, 0.29) is 22.8 Å². The minimum absolute atomic E-state index is 0.214. The number of nitrogens with one attached hydrogen (secondary N) is 2. The van der Waals surface area contributed by atoms with Gasteiger partial charge in [0.2, 0.25) is 10.0 Å². The summed E-state index contributed by atoms with van der Waals surface area (Å²) >= 11 is 0. The monoisotopic (exact) mass is 579 g/mol. The zero-order chi connectivity index (χ0) is 30.1. The predicted molar refractivity (Wildman–Crippen MR) is 163 cm³/mol. The summed E-state index contributed by atoms with van der Waals surface area (Å²) in [6.45, 7) is 6.68. The number of carbonyl (C=O) groups is 1. The largest absolute Gasteiger partial charge is 0.492 e. The van der Waals surface area contributed by atoms with Gasteiger partial charge in [0, 0.05) is 31.2 Å². The summed E-state index contributed by atoms with van der Waals surface area (Å²) in [6, 6.07) is 14.6. The normalized spacial score (nSPS) is 12.0. The average Bonchev–Trinajstić information content (AvgIpc) is 3.19. The minimum atomic E-state index is -3.60. The highest BCUT2D eigenvalue weighted by Crippen LogP contribution is 2.40. The van der Waals surface area contributed by atoms with Gasteiger partial charge in [-0.2, -0.15) is 0 Å². The van der Waals surface area contributed by atoms with E-state index in [4.69, 9.17) is 9.47 Å². The van der Waals surface area contributed by atoms with Gasteiger partial charge in [-0.05, 0) is 55.4 Å². The van der Waals surface area contributed by atoms with Crippen molar-refractivity contribution in [3.63, 3.8) is 0 Å². The summed E-state index contributed by atoms with van der Waals surface area (Å²) in [5.74, 6) is 1.07. The Bertz CT molecular complexity index is 1700. The number of aromatic nitrogens is 2. The quantitative estimate of drug-likeness (QED) is 0.274. The first-order valence-electron chi connectivity index (χ1n) is 13.0. The van der Waals surface area contributed by atoms with E-state index < -0.39 is 10.0 Å². The van der Waals surface area contributed by atoms with Gasteiger partial charge < -0.3 is 24.3 Å². The highest BCUT2D eigenvalue weighted by molar-refractivity contribution is 7.92. The molecule has 1 amide bonds. The van der Waals surface area contributed by atoms with Crippen LogP contribution < -0.4 is 19.5 Å². The van der Waals surface area contributed by atoms with Crippen LogP contribution in [-0.2, 0) is 29.0 Å². The molecule has 0 spiro atoms. The van der Waals surface area contributed by atoms with Crippen molar-refractivity contribution in [1.82, 2.24) is 14.5 Å². The molecule has 0 saturated carbocycles. The Morgan fingerprint density at radius 2 is 1.78 bits per heavy atom. The van der Waals surface area contributed by atoms with Crippen LogP contribution in [0.2, 0.25) is 0 Å². The van der Waals surface area contributed by atoms with E-state index in [1.165, 1.54) is 7.11 Å². The summed E-state index contributed by atoms with van der Waals surface area (Å²) < 4.78 is 40.3. The van der Waals surface area contributed by atoms with E-state index in [0.29, 0.717) is 29.4 Å². The van der Waals surface area contributed by atoms with E-state index in [9.17, 15) is 13.2 Å². The Morgan fingerprint density at radius 3 is 2.41 bits per heavy atom. The van der Waals surface area contributed by atoms with Crippen LogP contribution in [-0.4, -0.2) is 56.2 Å². The van der Waals surface area contributed by atoms with Gasteiger partial charge in [-0.1, -0.05) is 32.9 Å². The van der Waals surface area contributed by atoms with Crippen molar-refractivity contribution in [3.05, 3.63) is 71.7 Å². The van der Waals surface area contributed by atoms with Crippen LogP contribution >= 0.6 is 0 Å². The molecule has 0 atom stereocenters. The number of methoxy groups -OCH3 is 1. The highest BCUT2D eigenvalue weighted by atomic mass is 32.2. The number of pyridine rings is 1. The average molecular weight is 580 g/mol. The fourth-order valence-corrected chi connectivity index (χ4v) is 5.12. The molecule has 0 aliphatic rings. The molecule has 0 radical (unpaired) electrons. The number of hydrogen-bond acceptors (Lipinski definition) is 7. The lowest BCUT2D eigenvalue weighted by molar-refractivity contribution is 0.101. The molecule has 0 aliphatic carbocycles. The molecule has 11 heteroatoms. The molecular weight excluding hydrogens is 542 g/mol. The summed E-state index contributed by atoms with van der Waals surface area (Å²) in [5.41, 5.74) is 3.10. The number of amides is 1. The molecule has 2 aromatic carbocycles. The van der Waals surface area contributed by atoms with Gasteiger partial charge in [-0.15, -0.1) is 0 Å². The Hall–Kier alpha value is -4.09. The van der Waals surface area contributed by atoms with E-state index in [1.807, 2.05) is 64.0 Å². The van der Waals surface area contributed by atoms with Crippen LogP contribution in [0.3, 0.4) is 0 Å². The molecule has 0 bridgehead atoms. The maximum Gasteiger partial charge on any atom is 0.272 e. The Kier molecular flexibility index (Phi) is 8.32. The van der Waals surface area contributed by atoms with Crippen molar-refractivity contribution in [2.45, 2.75) is 32.7 Å². The third-order valence-corrected chi connectivity index (χ3v) is 7.04. The van der Waals surface area contributed by atoms with Gasteiger partial charge in [-0.3, -0.25) is 14.5 Å². The zero-order valence-electron chi connectivity index (χ0n) is 24.7. The van der Waals surface area contributed by atoms with Gasteiger partial charge in [0.15, 0.2) is 11.5 Å². The van der Waals surface area contributed by atoms with E-state index in [2.05, 4.69) is 15.0 Å². The fourth-order valence-electron chi connectivity index (χ4n) is 4.57. The topological polar surface area (TPSA) is 115 Å². The van der Waals surface area contributed by atoms with Gasteiger partial charge in [0.25, 0.3) is 5.91 Å². The molecule has 10 nitrogen and oxygen atoms in total. The van der Waals surface area contributed by atoms with Crippen molar-refractivity contribution in [3.8, 4) is 17.2 Å². The van der Waals surface area contributed by atoms with Gasteiger partial charge in [-0.25, -0.2) is 8.42 Å². The van der Waals surface area contributed by atoms with Crippen molar-refractivity contribution < 1.29 is 22.7 Å². The lowest BCUT2D eigenvalue weighted by Crippen LogP contribution is -2.19. The minimum Gasteiger partial charge on any atom is -0.492 e. The number of ether oxygens (including phenoxy) is 2. The molecule has 0 aliphatic heterocycles. The first-order valence-corrected chi connectivity index (χ1v) is 14.9. The molecule has 41 heavy (non-hydrogen) atoms. The standard InChI is InChI=1S/C30H37N5O5S/c1-30(2,3)20-15-23(28(39-7)24(16-20)33-41(8,37)38)32-29(36)25-14-19-10-9-11-26(27(19)35(25)6)40-22-12-13-31-21(17-22)18-34(4)5/h9-17,33H,18H2,1-8H3,(H,32,36). The second-order valence-corrected chi connectivity index (χ2v) is 13.0. The number of fused-ring (bicyclic) bond motifs is 1. The molecule has 218 valence electrons. The van der Waals surface area contributed by atoms with Crippen LogP contribution in [0.5, 0.6) is 17.2 Å². The van der Waals surface area contributed by atoms with E-state index in [0.717, 1.165) is 28.4 Å². The number of anilines is 2. The molecule has 2 heterocycles. The number of carbonyl (C=O) groups excluding carboxylic acids is 1. The van der Waals surface area contributed by atoms with Crippen LogP contribution in [0.4, 0.5) is 11.4 Å². The summed E-state index contributed by atoms with van der Waals surface area (Å²) in [7, 11) is 3.58. The number of benzene rings is 2. The molecule has 2 N–H and O–H groups in total. The number of aryl methyl sites for hydroxylation is 1. The number of nitrogens with zero attached hydrogens (tertiary/aromatic N) is 3. The van der Waals surface area contributed by atoms with Crippen LogP contribution in [0.15, 0.2) is 54.7 Å². The lowest BCUT2D eigenvalue weighted by Gasteiger charge is -2.24. The maximum atomic E-state index is 13.7. The number of rotatable bonds is 9. The van der Waals surface area contributed by atoms with E-state index in [1.54, 1.807) is 42.1 Å². The number of hydrogen-bond donors (Lipinski definition) is 2. The second-order valence-electron chi connectivity index (χ2n) is 11.3. The summed E-state index contributed by atoms with van der Waals surface area (Å²) in [5, 5.41) is 3.77. The molecule has 2 aromatic heterocycles. The zero-order valence-corrected chi connectivity index (χ0v) is 25.5. The molecule has 4 rings (SSSR count). The molecule has 0 fully saturated rings. The van der Waals surface area contributed by atoms with Crippen molar-refractivity contribution in [1.29, 1.82) is 0 Å². The molecule has 0 saturated heterocycles. The number of para-hydroxylation sites is 1. The number of sulfonamides is 1. The Balaban J connectivity index is 1.72. The first-order chi connectivity index (χ1) is 19.2. The Morgan fingerprint density at radius 1 is 1.07 bits per heavy atom. The third-order valence-electron chi connectivity index (χ3n) is 6.45. The Labute approximate surface area is 241 Å². The van der Waals surface area contributed by atoms with Crippen LogP contribution in [0.25, 0.3) is 10.9 Å². The van der Waals surface area contributed by atoms with E-state index >= 15 is 0 Å². The summed E-state index contributed by atoms with van der Waals surface area (Å²) in [4.78, 5) is 20.1. The summed E-state index contributed by atoms with van der Waals surface area (Å²) in [6.07, 6.45) is 2.78. The molecule has 0 unspecified atom stereocenters. The van der Waals surface area contributed by atoms with Crippen LogP contribution in [0.1, 0.15) is 42.5 Å². The highest BCUT2D eigenvalue weighted by Gasteiger charge is 2.24. The van der Waals surface area contributed by atoms with Crippen molar-refractivity contribution in [2.24, 2.45) is 7.05 Å².